The number of aryl methyl sites for hydroxylation is 1. The Labute approximate surface area is 173 Å². The summed E-state index contributed by atoms with van der Waals surface area (Å²) < 4.78 is 8.24. The summed E-state index contributed by atoms with van der Waals surface area (Å²) in [4.78, 5) is 6.54. The highest BCUT2D eigenvalue weighted by molar-refractivity contribution is 14.0. The minimum atomic E-state index is 0. The summed E-state index contributed by atoms with van der Waals surface area (Å²) in [6, 6.07) is 12.5. The lowest BCUT2D eigenvalue weighted by Gasteiger charge is -2.28. The molecule has 0 saturated heterocycles. The van der Waals surface area contributed by atoms with Crippen LogP contribution in [0.5, 0.6) is 5.75 Å². The molecule has 5 nitrogen and oxygen atoms in total. The maximum absolute atomic E-state index is 6.11. The van der Waals surface area contributed by atoms with Crippen LogP contribution in [0.3, 0.4) is 0 Å². The second kappa shape index (κ2) is 9.85. The quantitative estimate of drug-likeness (QED) is 0.399. The Morgan fingerprint density at radius 2 is 2.04 bits per heavy atom. The van der Waals surface area contributed by atoms with Crippen molar-refractivity contribution in [2.45, 2.75) is 38.5 Å². The number of para-hydroxylation sites is 1. The second-order valence-electron chi connectivity index (χ2n) is 6.65. The molecule has 1 aromatic heterocycles. The van der Waals surface area contributed by atoms with Gasteiger partial charge in [-0.25, -0.2) is 0 Å². The number of benzene rings is 1. The van der Waals surface area contributed by atoms with Gasteiger partial charge in [0.15, 0.2) is 5.96 Å². The van der Waals surface area contributed by atoms with Crippen LogP contribution in [0.1, 0.15) is 30.5 Å². The van der Waals surface area contributed by atoms with Crippen molar-refractivity contribution in [3.8, 4) is 5.75 Å². The molecule has 26 heavy (non-hydrogen) atoms. The number of hydrogen-bond acceptors (Lipinski definition) is 2. The van der Waals surface area contributed by atoms with Gasteiger partial charge in [0.05, 0.1) is 12.6 Å². The number of aliphatic imine (C=N–C) groups is 1. The Morgan fingerprint density at radius 1 is 1.27 bits per heavy atom. The smallest absolute Gasteiger partial charge is 0.194 e. The zero-order valence-electron chi connectivity index (χ0n) is 15.8. The summed E-state index contributed by atoms with van der Waals surface area (Å²) in [5.74, 6) is 1.86. The third-order valence-corrected chi connectivity index (χ3v) is 4.78. The zero-order chi connectivity index (χ0) is 17.6. The molecule has 1 fully saturated rings. The van der Waals surface area contributed by atoms with Gasteiger partial charge in [0, 0.05) is 45.1 Å². The molecule has 0 atom stereocenters. The first kappa shape index (κ1) is 20.6. The van der Waals surface area contributed by atoms with Gasteiger partial charge in [0.25, 0.3) is 0 Å². The number of nitrogens with zero attached hydrogens (tertiary/aromatic N) is 3. The van der Waals surface area contributed by atoms with Crippen molar-refractivity contribution in [1.29, 1.82) is 0 Å². The SMILES string of the molecule is CN=C(NCc1ccccc1OC1CCC1)N(C)Cc1cccn1C.I. The maximum atomic E-state index is 6.11. The summed E-state index contributed by atoms with van der Waals surface area (Å²) in [6.07, 6.45) is 6.07. The van der Waals surface area contributed by atoms with Gasteiger partial charge in [0.2, 0.25) is 0 Å². The van der Waals surface area contributed by atoms with E-state index in [0.717, 1.165) is 18.3 Å². The average molecular weight is 468 g/mol. The van der Waals surface area contributed by atoms with Crippen LogP contribution >= 0.6 is 24.0 Å². The van der Waals surface area contributed by atoms with E-state index in [1.165, 1.54) is 30.5 Å². The van der Waals surface area contributed by atoms with Gasteiger partial charge < -0.3 is 19.5 Å². The highest BCUT2D eigenvalue weighted by Gasteiger charge is 2.20. The van der Waals surface area contributed by atoms with E-state index in [0.29, 0.717) is 12.6 Å². The van der Waals surface area contributed by atoms with Gasteiger partial charge in [-0.15, -0.1) is 24.0 Å². The molecule has 0 spiro atoms. The summed E-state index contributed by atoms with van der Waals surface area (Å²) in [5.41, 5.74) is 2.42. The molecule has 1 saturated carbocycles. The molecule has 142 valence electrons. The average Bonchev–Trinajstić information content (AvgIpc) is 2.97. The number of ether oxygens (including phenoxy) is 1. The number of aromatic nitrogens is 1. The van der Waals surface area contributed by atoms with Crippen LogP contribution in [0.2, 0.25) is 0 Å². The Bertz CT molecular complexity index is 724. The number of guanidine groups is 1. The first-order chi connectivity index (χ1) is 12.2. The third-order valence-electron chi connectivity index (χ3n) is 4.78. The van der Waals surface area contributed by atoms with Crippen molar-refractivity contribution < 1.29 is 4.74 Å². The molecule has 3 rings (SSSR count). The third kappa shape index (κ3) is 5.16. The molecule has 0 amide bonds. The van der Waals surface area contributed by atoms with E-state index in [2.05, 4.69) is 70.4 Å². The maximum Gasteiger partial charge on any atom is 0.194 e. The van der Waals surface area contributed by atoms with Crippen LogP contribution in [0.15, 0.2) is 47.6 Å². The van der Waals surface area contributed by atoms with E-state index in [9.17, 15) is 0 Å². The van der Waals surface area contributed by atoms with Crippen molar-refractivity contribution in [2.24, 2.45) is 12.0 Å². The molecule has 6 heteroatoms. The molecule has 0 bridgehead atoms. The minimum Gasteiger partial charge on any atom is -0.490 e. The van der Waals surface area contributed by atoms with Gasteiger partial charge in [-0.1, -0.05) is 18.2 Å². The monoisotopic (exact) mass is 468 g/mol. The first-order valence-electron chi connectivity index (χ1n) is 8.94. The van der Waals surface area contributed by atoms with E-state index in [4.69, 9.17) is 4.74 Å². The summed E-state index contributed by atoms with van der Waals surface area (Å²) in [5, 5.41) is 3.45. The molecule has 0 unspecified atom stereocenters. The fourth-order valence-electron chi connectivity index (χ4n) is 2.97. The largest absolute Gasteiger partial charge is 0.490 e. The van der Waals surface area contributed by atoms with E-state index >= 15 is 0 Å². The predicted molar refractivity (Wildman–Crippen MR) is 117 cm³/mol. The lowest BCUT2D eigenvalue weighted by molar-refractivity contribution is 0.119. The van der Waals surface area contributed by atoms with Gasteiger partial charge in [-0.05, 0) is 37.5 Å². The van der Waals surface area contributed by atoms with Gasteiger partial charge >= 0.3 is 0 Å². The Morgan fingerprint density at radius 3 is 2.65 bits per heavy atom. The Hall–Kier alpha value is -1.70. The lowest BCUT2D eigenvalue weighted by Crippen LogP contribution is -2.38. The first-order valence-corrected chi connectivity index (χ1v) is 8.94. The number of nitrogens with one attached hydrogen (secondary N) is 1. The molecule has 1 aliphatic rings. The van der Waals surface area contributed by atoms with Crippen LogP contribution in [0.25, 0.3) is 0 Å². The highest BCUT2D eigenvalue weighted by Crippen LogP contribution is 2.27. The van der Waals surface area contributed by atoms with Gasteiger partial charge in [0.1, 0.15) is 5.75 Å². The lowest BCUT2D eigenvalue weighted by atomic mass is 9.96. The normalized spacial score (nSPS) is 14.3. The van der Waals surface area contributed by atoms with Gasteiger partial charge in [-0.2, -0.15) is 0 Å². The van der Waals surface area contributed by atoms with E-state index < -0.39 is 0 Å². The standard InChI is InChI=1S/C20H28N4O.HI/c1-21-20(24(3)15-17-9-7-13-23(17)2)22-14-16-8-4-5-12-19(16)25-18-10-6-11-18;/h4-5,7-9,12-13,18H,6,10-11,14-15H2,1-3H3,(H,21,22);1H. The minimum absolute atomic E-state index is 0. The van der Waals surface area contributed by atoms with Crippen molar-refractivity contribution in [1.82, 2.24) is 14.8 Å². The van der Waals surface area contributed by atoms with Crippen molar-refractivity contribution in [3.63, 3.8) is 0 Å². The van der Waals surface area contributed by atoms with Crippen LogP contribution in [-0.4, -0.2) is 35.6 Å². The van der Waals surface area contributed by atoms with Crippen LogP contribution in [0, 0.1) is 0 Å². The fraction of sp³-hybridized carbons (Fsp3) is 0.450. The molecule has 2 aromatic rings. The second-order valence-corrected chi connectivity index (χ2v) is 6.65. The number of hydrogen-bond donors (Lipinski definition) is 1. The molecule has 1 heterocycles. The number of halogens is 1. The highest BCUT2D eigenvalue weighted by atomic mass is 127. The van der Waals surface area contributed by atoms with E-state index in [1.807, 2.05) is 13.1 Å². The Kier molecular flexibility index (Phi) is 7.81. The van der Waals surface area contributed by atoms with Crippen molar-refractivity contribution in [2.75, 3.05) is 14.1 Å². The molecule has 1 N–H and O–H groups in total. The molecular formula is C20H29IN4O. The molecule has 1 aromatic carbocycles. The zero-order valence-corrected chi connectivity index (χ0v) is 18.1. The van der Waals surface area contributed by atoms with Crippen LogP contribution in [-0.2, 0) is 20.1 Å². The molecule has 0 aliphatic heterocycles. The van der Waals surface area contributed by atoms with E-state index in [-0.39, 0.29) is 24.0 Å². The molecule has 0 radical (unpaired) electrons. The van der Waals surface area contributed by atoms with Gasteiger partial charge in [-0.3, -0.25) is 4.99 Å². The topological polar surface area (TPSA) is 41.8 Å². The van der Waals surface area contributed by atoms with Crippen LogP contribution in [0.4, 0.5) is 0 Å². The van der Waals surface area contributed by atoms with E-state index in [1.54, 1.807) is 0 Å². The molecule has 1 aliphatic carbocycles. The van der Waals surface area contributed by atoms with Crippen molar-refractivity contribution in [3.05, 3.63) is 53.9 Å². The predicted octanol–water partition coefficient (Wildman–Crippen LogP) is 3.78. The number of rotatable bonds is 6. The summed E-state index contributed by atoms with van der Waals surface area (Å²) in [7, 11) is 5.94. The Balaban J connectivity index is 0.00000243. The molecular weight excluding hydrogens is 439 g/mol. The van der Waals surface area contributed by atoms with Crippen molar-refractivity contribution >= 4 is 29.9 Å². The summed E-state index contributed by atoms with van der Waals surface area (Å²) in [6.45, 7) is 1.51. The summed E-state index contributed by atoms with van der Waals surface area (Å²) >= 11 is 0. The fourth-order valence-corrected chi connectivity index (χ4v) is 2.97. The van der Waals surface area contributed by atoms with Crippen LogP contribution < -0.4 is 10.1 Å².